The molecule has 1 N–H and O–H groups in total. The highest BCUT2D eigenvalue weighted by Crippen LogP contribution is 2.18. The van der Waals surface area contributed by atoms with Crippen molar-refractivity contribution in [1.82, 2.24) is 5.59 Å². The van der Waals surface area contributed by atoms with Crippen molar-refractivity contribution in [2.75, 3.05) is 0 Å². The molecule has 18 heavy (non-hydrogen) atoms. The van der Waals surface area contributed by atoms with Crippen LogP contribution in [0.1, 0.15) is 5.56 Å². The molecular formula is C15H14N2O. The van der Waals surface area contributed by atoms with Gasteiger partial charge < -0.3 is 4.84 Å². The molecule has 0 unspecified atom stereocenters. The number of benzene rings is 1. The van der Waals surface area contributed by atoms with E-state index in [2.05, 4.69) is 10.7 Å². The normalized spacial score (nSPS) is 23.3. The minimum absolute atomic E-state index is 0.732. The number of nitrogens with one attached hydrogen (secondary N) is 1. The molecule has 0 aliphatic carbocycles. The number of nitrogens with zero attached hydrogens (tertiary/aromatic N) is 1. The Labute approximate surface area is 106 Å². The lowest BCUT2D eigenvalue weighted by Gasteiger charge is -2.05. The smallest absolute Gasteiger partial charge is 0.164 e. The molecule has 1 aliphatic heterocycles. The van der Waals surface area contributed by atoms with Gasteiger partial charge in [-0.05, 0) is 12.1 Å². The van der Waals surface area contributed by atoms with Crippen LogP contribution < -0.4 is 10.4 Å². The number of hydrogen-bond donors (Lipinski definition) is 1. The highest BCUT2D eigenvalue weighted by molar-refractivity contribution is 5.71. The van der Waals surface area contributed by atoms with Crippen LogP contribution in [0.15, 0.2) is 71.9 Å². The van der Waals surface area contributed by atoms with Gasteiger partial charge in [-0.3, -0.25) is 0 Å². The van der Waals surface area contributed by atoms with E-state index in [-0.39, 0.29) is 0 Å². The largest absolute Gasteiger partial charge is 0.365 e. The third kappa shape index (κ3) is 3.79. The average Bonchev–Trinajstić information content (AvgIpc) is 2.41. The van der Waals surface area contributed by atoms with Gasteiger partial charge in [0.15, 0.2) is 5.75 Å². The molecule has 0 atom stereocenters. The predicted octanol–water partition coefficient (Wildman–Crippen LogP) is 3.25. The third-order valence-electron chi connectivity index (χ3n) is 2.23. The summed E-state index contributed by atoms with van der Waals surface area (Å²) in [7, 11) is 0. The molecule has 2 rings (SSSR count). The first-order valence-electron chi connectivity index (χ1n) is 5.67. The summed E-state index contributed by atoms with van der Waals surface area (Å²) in [6.07, 6.45) is 17.1. The van der Waals surface area contributed by atoms with E-state index in [0.29, 0.717) is 0 Å². The van der Waals surface area contributed by atoms with Gasteiger partial charge in [0.1, 0.15) is 0 Å². The van der Waals surface area contributed by atoms with Crippen molar-refractivity contribution < 1.29 is 4.84 Å². The third-order valence-corrected chi connectivity index (χ3v) is 2.23. The van der Waals surface area contributed by atoms with E-state index in [1.54, 1.807) is 6.21 Å². The molecule has 1 aromatic carbocycles. The summed E-state index contributed by atoms with van der Waals surface area (Å²) in [5, 5.41) is 3.90. The summed E-state index contributed by atoms with van der Waals surface area (Å²) >= 11 is 0. The van der Waals surface area contributed by atoms with Crippen molar-refractivity contribution in [2.24, 2.45) is 5.10 Å². The van der Waals surface area contributed by atoms with Crippen LogP contribution in [0.4, 0.5) is 0 Å². The fourth-order valence-electron chi connectivity index (χ4n) is 1.39. The van der Waals surface area contributed by atoms with Crippen molar-refractivity contribution in [2.45, 2.75) is 0 Å². The number of hydrogen-bond acceptors (Lipinski definition) is 3. The molecule has 0 amide bonds. The lowest BCUT2D eigenvalue weighted by atomic mass is 10.2. The SMILES string of the molecule is C1=C\C=C/C=N\NOc2ccccc2/C=C\C=C/1. The Morgan fingerprint density at radius 2 is 1.56 bits per heavy atom. The first-order valence-corrected chi connectivity index (χ1v) is 5.67. The van der Waals surface area contributed by atoms with Gasteiger partial charge in [0, 0.05) is 5.56 Å². The van der Waals surface area contributed by atoms with Gasteiger partial charge in [0.2, 0.25) is 0 Å². The van der Waals surface area contributed by atoms with E-state index in [1.165, 1.54) is 0 Å². The van der Waals surface area contributed by atoms with E-state index in [9.17, 15) is 0 Å². The molecule has 0 spiro atoms. The fraction of sp³-hybridized carbons (Fsp3) is 0. The highest BCUT2D eigenvalue weighted by atomic mass is 16.7. The molecule has 3 nitrogen and oxygen atoms in total. The van der Waals surface area contributed by atoms with Crippen LogP contribution in [0, 0.1) is 0 Å². The van der Waals surface area contributed by atoms with Crippen LogP contribution in [0.3, 0.4) is 0 Å². The number of rotatable bonds is 0. The van der Waals surface area contributed by atoms with Gasteiger partial charge in [0.05, 0.1) is 6.21 Å². The van der Waals surface area contributed by atoms with E-state index >= 15 is 0 Å². The molecule has 3 heteroatoms. The van der Waals surface area contributed by atoms with Crippen LogP contribution in [0.2, 0.25) is 0 Å². The predicted molar refractivity (Wildman–Crippen MR) is 75.2 cm³/mol. The highest BCUT2D eigenvalue weighted by Gasteiger charge is 1.98. The molecular weight excluding hydrogens is 224 g/mol. The topological polar surface area (TPSA) is 33.6 Å². The van der Waals surface area contributed by atoms with E-state index < -0.39 is 0 Å². The quantitative estimate of drug-likeness (QED) is 0.752. The van der Waals surface area contributed by atoms with E-state index in [1.807, 2.05) is 72.9 Å². The first-order chi connectivity index (χ1) is 8.97. The van der Waals surface area contributed by atoms with E-state index in [4.69, 9.17) is 4.84 Å². The Bertz CT molecular complexity index is 525. The summed E-state index contributed by atoms with van der Waals surface area (Å²) in [5.41, 5.74) is 3.53. The molecule has 0 saturated carbocycles. The zero-order valence-electron chi connectivity index (χ0n) is 9.86. The summed E-state index contributed by atoms with van der Waals surface area (Å²) in [4.78, 5) is 5.36. The van der Waals surface area contributed by atoms with Crippen LogP contribution >= 0.6 is 0 Å². The maximum atomic E-state index is 5.36. The monoisotopic (exact) mass is 238 g/mol. The Balaban J connectivity index is 2.23. The van der Waals surface area contributed by atoms with Crippen molar-refractivity contribution in [3.63, 3.8) is 0 Å². The number of fused-ring (bicyclic) bond motifs is 1. The minimum atomic E-state index is 0.732. The van der Waals surface area contributed by atoms with Crippen LogP contribution in [-0.2, 0) is 0 Å². The fourth-order valence-corrected chi connectivity index (χ4v) is 1.39. The second-order valence-electron chi connectivity index (χ2n) is 3.52. The molecule has 1 heterocycles. The maximum Gasteiger partial charge on any atom is 0.164 e. The Kier molecular flexibility index (Phi) is 4.58. The van der Waals surface area contributed by atoms with Gasteiger partial charge in [-0.1, -0.05) is 60.7 Å². The lowest BCUT2D eigenvalue weighted by Crippen LogP contribution is -2.11. The molecule has 0 fully saturated rings. The molecule has 1 aromatic rings. The summed E-state index contributed by atoms with van der Waals surface area (Å²) in [6, 6.07) is 7.74. The van der Waals surface area contributed by atoms with Crippen molar-refractivity contribution >= 4 is 12.3 Å². The number of hydrazone groups is 1. The number of para-hydroxylation sites is 1. The van der Waals surface area contributed by atoms with Crippen LogP contribution in [0.5, 0.6) is 5.75 Å². The van der Waals surface area contributed by atoms with Crippen LogP contribution in [-0.4, -0.2) is 6.21 Å². The van der Waals surface area contributed by atoms with Gasteiger partial charge in [0.25, 0.3) is 0 Å². The maximum absolute atomic E-state index is 5.36. The molecule has 0 saturated heterocycles. The second kappa shape index (κ2) is 6.91. The molecule has 0 aromatic heterocycles. The van der Waals surface area contributed by atoms with Gasteiger partial charge in [-0.2, -0.15) is 5.10 Å². The van der Waals surface area contributed by atoms with Gasteiger partial charge >= 0.3 is 0 Å². The first kappa shape index (κ1) is 11.9. The number of allylic oxidation sites excluding steroid dienone is 7. The zero-order valence-corrected chi connectivity index (χ0v) is 9.86. The standard InChI is InChI=1S/C15H14N2O/c1-2-4-6-10-14-11-7-8-12-15(14)18-17-16-13-9-5-3-1/h1-13,17H/b3-1-,4-2-,9-5-,10-6-,16-13-. The molecule has 90 valence electrons. The summed E-state index contributed by atoms with van der Waals surface area (Å²) in [6.45, 7) is 0. The Hall–Kier alpha value is -2.55. The Morgan fingerprint density at radius 3 is 2.44 bits per heavy atom. The lowest BCUT2D eigenvalue weighted by molar-refractivity contribution is 0.202. The average molecular weight is 238 g/mol. The minimum Gasteiger partial charge on any atom is -0.365 e. The summed E-state index contributed by atoms with van der Waals surface area (Å²) in [5.74, 6) is 0.732. The summed E-state index contributed by atoms with van der Waals surface area (Å²) < 4.78 is 0. The second-order valence-corrected chi connectivity index (χ2v) is 3.52. The van der Waals surface area contributed by atoms with Gasteiger partial charge in [-0.15, -0.1) is 5.59 Å². The van der Waals surface area contributed by atoms with E-state index in [0.717, 1.165) is 11.3 Å². The van der Waals surface area contributed by atoms with Crippen molar-refractivity contribution in [3.05, 3.63) is 72.4 Å². The van der Waals surface area contributed by atoms with Crippen molar-refractivity contribution in [1.29, 1.82) is 0 Å². The molecule has 0 bridgehead atoms. The van der Waals surface area contributed by atoms with Crippen LogP contribution in [0.25, 0.3) is 6.08 Å². The van der Waals surface area contributed by atoms with Crippen molar-refractivity contribution in [3.8, 4) is 5.75 Å². The molecule has 1 aliphatic rings. The Morgan fingerprint density at radius 1 is 0.833 bits per heavy atom. The zero-order chi connectivity index (χ0) is 12.5. The van der Waals surface area contributed by atoms with Gasteiger partial charge in [-0.25, -0.2) is 0 Å². The molecule has 0 radical (unpaired) electrons.